The summed E-state index contributed by atoms with van der Waals surface area (Å²) < 4.78 is 0. The maximum atomic E-state index is 11.1. The van der Waals surface area contributed by atoms with Crippen molar-refractivity contribution < 1.29 is 4.79 Å². The second kappa shape index (κ2) is 7.98. The van der Waals surface area contributed by atoms with Crippen molar-refractivity contribution in [1.29, 1.82) is 0 Å². The third kappa shape index (κ3) is 9.27. The molecular weight excluding hydrogens is 184 g/mol. The molecule has 0 unspecified atom stereocenters. The van der Waals surface area contributed by atoms with E-state index in [9.17, 15) is 4.79 Å². The molecule has 1 amide bonds. The Labute approximate surface area is 85.1 Å². The summed E-state index contributed by atoms with van der Waals surface area (Å²) in [6, 6.07) is 0. The standard InChI is InChI=1S/C9H18N2OS/c1-2-3-4-5-6-9(12)11-7-8(10)13/h2-7H2,1H3,(H2,10,13)(H,11,12). The van der Waals surface area contributed by atoms with E-state index >= 15 is 0 Å². The Kier molecular flexibility index (Phi) is 7.59. The summed E-state index contributed by atoms with van der Waals surface area (Å²) in [4.78, 5) is 11.4. The van der Waals surface area contributed by atoms with Crippen LogP contribution < -0.4 is 11.1 Å². The summed E-state index contributed by atoms with van der Waals surface area (Å²) in [6.45, 7) is 2.47. The SMILES string of the molecule is CCCCCCC(=O)NCC(N)=S. The van der Waals surface area contributed by atoms with Gasteiger partial charge in [0.2, 0.25) is 5.91 Å². The second-order valence-corrected chi connectivity index (χ2v) is 3.58. The number of nitrogens with two attached hydrogens (primary N) is 1. The average molecular weight is 202 g/mol. The van der Waals surface area contributed by atoms with Gasteiger partial charge in [0.05, 0.1) is 11.5 Å². The number of rotatable bonds is 7. The number of amides is 1. The Morgan fingerprint density at radius 1 is 1.38 bits per heavy atom. The van der Waals surface area contributed by atoms with Gasteiger partial charge < -0.3 is 11.1 Å². The first-order valence-corrected chi connectivity index (χ1v) is 5.12. The van der Waals surface area contributed by atoms with Crippen LogP contribution in [0.1, 0.15) is 39.0 Å². The van der Waals surface area contributed by atoms with Crippen LogP contribution in [0, 0.1) is 0 Å². The fourth-order valence-corrected chi connectivity index (χ4v) is 1.06. The maximum absolute atomic E-state index is 11.1. The first-order chi connectivity index (χ1) is 6.16. The summed E-state index contributed by atoms with van der Waals surface area (Å²) >= 11 is 4.63. The van der Waals surface area contributed by atoms with Crippen molar-refractivity contribution >= 4 is 23.1 Å². The van der Waals surface area contributed by atoms with Gasteiger partial charge in [-0.25, -0.2) is 0 Å². The van der Waals surface area contributed by atoms with E-state index in [0.717, 1.165) is 12.8 Å². The summed E-state index contributed by atoms with van der Waals surface area (Å²) in [5.74, 6) is 0.0453. The van der Waals surface area contributed by atoms with Crippen molar-refractivity contribution in [3.63, 3.8) is 0 Å². The summed E-state index contributed by atoms with van der Waals surface area (Å²) in [7, 11) is 0. The molecule has 0 rings (SSSR count). The lowest BCUT2D eigenvalue weighted by Gasteiger charge is -2.02. The van der Waals surface area contributed by atoms with E-state index in [4.69, 9.17) is 5.73 Å². The van der Waals surface area contributed by atoms with Crippen molar-refractivity contribution in [1.82, 2.24) is 5.32 Å². The first-order valence-electron chi connectivity index (χ1n) is 4.71. The van der Waals surface area contributed by atoms with Gasteiger partial charge in [-0.2, -0.15) is 0 Å². The summed E-state index contributed by atoms with van der Waals surface area (Å²) in [5.41, 5.74) is 5.23. The van der Waals surface area contributed by atoms with E-state index in [0.29, 0.717) is 18.0 Å². The van der Waals surface area contributed by atoms with Crippen LogP contribution in [0.15, 0.2) is 0 Å². The van der Waals surface area contributed by atoms with E-state index in [-0.39, 0.29) is 5.91 Å². The van der Waals surface area contributed by atoms with E-state index in [2.05, 4.69) is 24.5 Å². The lowest BCUT2D eigenvalue weighted by atomic mass is 10.1. The van der Waals surface area contributed by atoms with Gasteiger partial charge in [0.15, 0.2) is 0 Å². The molecule has 0 aromatic carbocycles. The number of thiocarbonyl (C=S) groups is 1. The molecule has 0 aromatic heterocycles. The highest BCUT2D eigenvalue weighted by Gasteiger charge is 1.99. The zero-order valence-corrected chi connectivity index (χ0v) is 8.95. The van der Waals surface area contributed by atoms with Gasteiger partial charge in [-0.1, -0.05) is 38.4 Å². The van der Waals surface area contributed by atoms with E-state index < -0.39 is 0 Å². The van der Waals surface area contributed by atoms with Crippen molar-refractivity contribution in [3.05, 3.63) is 0 Å². The van der Waals surface area contributed by atoms with Crippen molar-refractivity contribution in [2.75, 3.05) is 6.54 Å². The van der Waals surface area contributed by atoms with Crippen LogP contribution in [0.3, 0.4) is 0 Å². The molecule has 3 N–H and O–H groups in total. The molecule has 0 fully saturated rings. The third-order valence-corrected chi connectivity index (χ3v) is 1.86. The van der Waals surface area contributed by atoms with E-state index in [1.54, 1.807) is 0 Å². The van der Waals surface area contributed by atoms with Gasteiger partial charge in [-0.3, -0.25) is 4.79 Å². The fraction of sp³-hybridized carbons (Fsp3) is 0.778. The second-order valence-electron chi connectivity index (χ2n) is 3.05. The topological polar surface area (TPSA) is 55.1 Å². The Morgan fingerprint density at radius 2 is 2.08 bits per heavy atom. The van der Waals surface area contributed by atoms with Gasteiger partial charge in [0.1, 0.15) is 0 Å². The molecule has 0 atom stereocenters. The fourth-order valence-electron chi connectivity index (χ4n) is 0.986. The quantitative estimate of drug-likeness (QED) is 0.484. The molecule has 4 heteroatoms. The molecule has 0 heterocycles. The lowest BCUT2D eigenvalue weighted by molar-refractivity contribution is -0.120. The maximum Gasteiger partial charge on any atom is 0.220 e. The average Bonchev–Trinajstić information content (AvgIpc) is 2.09. The molecular formula is C9H18N2OS. The number of carbonyl (C=O) groups is 1. The Balaban J connectivity index is 3.25. The minimum absolute atomic E-state index is 0.0453. The molecule has 0 aliphatic rings. The molecule has 0 radical (unpaired) electrons. The molecule has 0 aliphatic heterocycles. The number of unbranched alkanes of at least 4 members (excludes halogenated alkanes) is 3. The minimum Gasteiger partial charge on any atom is -0.392 e. The zero-order chi connectivity index (χ0) is 10.1. The van der Waals surface area contributed by atoms with Crippen LogP contribution in [0.5, 0.6) is 0 Å². The van der Waals surface area contributed by atoms with Crippen LogP contribution in [0.2, 0.25) is 0 Å². The Hall–Kier alpha value is -0.640. The smallest absolute Gasteiger partial charge is 0.220 e. The first kappa shape index (κ1) is 12.4. The highest BCUT2D eigenvalue weighted by Crippen LogP contribution is 2.01. The predicted molar refractivity (Wildman–Crippen MR) is 58.6 cm³/mol. The van der Waals surface area contributed by atoms with Gasteiger partial charge >= 0.3 is 0 Å². The molecule has 0 aliphatic carbocycles. The molecule has 0 aromatic rings. The van der Waals surface area contributed by atoms with Crippen LogP contribution in [0.25, 0.3) is 0 Å². The van der Waals surface area contributed by atoms with Crippen LogP contribution in [-0.4, -0.2) is 17.4 Å². The number of nitrogens with one attached hydrogen (secondary N) is 1. The van der Waals surface area contributed by atoms with Crippen LogP contribution >= 0.6 is 12.2 Å². The summed E-state index contributed by atoms with van der Waals surface area (Å²) in [5, 5.41) is 2.65. The lowest BCUT2D eigenvalue weighted by Crippen LogP contribution is -2.31. The Morgan fingerprint density at radius 3 is 2.62 bits per heavy atom. The highest BCUT2D eigenvalue weighted by molar-refractivity contribution is 7.80. The Bertz CT molecular complexity index is 171. The number of hydrogen-bond acceptors (Lipinski definition) is 2. The van der Waals surface area contributed by atoms with Crippen molar-refractivity contribution in [2.45, 2.75) is 39.0 Å². The van der Waals surface area contributed by atoms with Crippen LogP contribution in [-0.2, 0) is 4.79 Å². The predicted octanol–water partition coefficient (Wildman–Crippen LogP) is 1.36. The van der Waals surface area contributed by atoms with Gasteiger partial charge in [0.25, 0.3) is 0 Å². The van der Waals surface area contributed by atoms with Crippen LogP contribution in [0.4, 0.5) is 0 Å². The van der Waals surface area contributed by atoms with Gasteiger partial charge in [-0.15, -0.1) is 0 Å². The molecule has 0 saturated carbocycles. The van der Waals surface area contributed by atoms with Gasteiger partial charge in [-0.05, 0) is 6.42 Å². The number of hydrogen-bond donors (Lipinski definition) is 2. The summed E-state index contributed by atoms with van der Waals surface area (Å²) in [6.07, 6.45) is 5.05. The highest BCUT2D eigenvalue weighted by atomic mass is 32.1. The molecule has 0 spiro atoms. The van der Waals surface area contributed by atoms with E-state index in [1.807, 2.05) is 0 Å². The van der Waals surface area contributed by atoms with Gasteiger partial charge in [0, 0.05) is 6.42 Å². The van der Waals surface area contributed by atoms with Crippen molar-refractivity contribution in [2.24, 2.45) is 5.73 Å². The molecule has 76 valence electrons. The zero-order valence-electron chi connectivity index (χ0n) is 8.14. The molecule has 3 nitrogen and oxygen atoms in total. The van der Waals surface area contributed by atoms with Crippen molar-refractivity contribution in [3.8, 4) is 0 Å². The molecule has 13 heavy (non-hydrogen) atoms. The molecule has 0 saturated heterocycles. The minimum atomic E-state index is 0.0453. The monoisotopic (exact) mass is 202 g/mol. The number of carbonyl (C=O) groups excluding carboxylic acids is 1. The normalized spacial score (nSPS) is 9.62. The largest absolute Gasteiger partial charge is 0.392 e. The third-order valence-electron chi connectivity index (χ3n) is 1.72. The van der Waals surface area contributed by atoms with E-state index in [1.165, 1.54) is 12.8 Å². The molecule has 0 bridgehead atoms.